The van der Waals surface area contributed by atoms with E-state index in [9.17, 15) is 5.11 Å². The van der Waals surface area contributed by atoms with Crippen LogP contribution in [-0.2, 0) is 7.05 Å². The molecule has 1 N–H and O–H groups in total. The zero-order valence-corrected chi connectivity index (χ0v) is 13.7. The predicted molar refractivity (Wildman–Crippen MR) is 89.3 cm³/mol. The fourth-order valence-corrected chi connectivity index (χ4v) is 3.38. The monoisotopic (exact) mass is 330 g/mol. The van der Waals surface area contributed by atoms with E-state index >= 15 is 0 Å². The van der Waals surface area contributed by atoms with Crippen LogP contribution in [-0.4, -0.2) is 27.7 Å². The largest absolute Gasteiger partial charge is 0.385 e. The van der Waals surface area contributed by atoms with E-state index in [2.05, 4.69) is 16.0 Å². The van der Waals surface area contributed by atoms with Crippen LogP contribution in [0, 0.1) is 17.2 Å². The molecule has 2 aromatic rings. The van der Waals surface area contributed by atoms with Crippen LogP contribution in [0.1, 0.15) is 30.3 Å². The Balaban J connectivity index is 1.77. The summed E-state index contributed by atoms with van der Waals surface area (Å²) in [6.07, 6.45) is 4.95. The highest BCUT2D eigenvalue weighted by Gasteiger charge is 2.29. The first-order valence-electron chi connectivity index (χ1n) is 7.70. The van der Waals surface area contributed by atoms with Gasteiger partial charge < -0.3 is 14.6 Å². The van der Waals surface area contributed by atoms with Crippen molar-refractivity contribution in [1.29, 1.82) is 5.26 Å². The summed E-state index contributed by atoms with van der Waals surface area (Å²) in [7, 11) is 1.90. The maximum absolute atomic E-state index is 10.6. The fourth-order valence-electron chi connectivity index (χ4n) is 3.17. The second-order valence-electron chi connectivity index (χ2n) is 5.97. The Bertz CT molecular complexity index is 736. The van der Waals surface area contributed by atoms with Gasteiger partial charge in [0.15, 0.2) is 0 Å². The Morgan fingerprint density at radius 2 is 2.30 bits per heavy atom. The summed E-state index contributed by atoms with van der Waals surface area (Å²) < 4.78 is 1.86. The van der Waals surface area contributed by atoms with Gasteiger partial charge in [-0.2, -0.15) is 5.26 Å². The molecular formula is C17H19ClN4O. The molecule has 0 saturated carbocycles. The van der Waals surface area contributed by atoms with Crippen molar-refractivity contribution in [3.05, 3.63) is 47.0 Å². The Hall–Kier alpha value is -2.03. The van der Waals surface area contributed by atoms with Crippen molar-refractivity contribution >= 4 is 17.3 Å². The molecule has 120 valence electrons. The number of aliphatic hydroxyl groups excluding tert-OH is 1. The summed E-state index contributed by atoms with van der Waals surface area (Å²) in [5, 5.41) is 20.1. The molecule has 3 rings (SSSR count). The second kappa shape index (κ2) is 6.61. The number of piperidine rings is 1. The van der Waals surface area contributed by atoms with Gasteiger partial charge in [0.25, 0.3) is 0 Å². The maximum Gasteiger partial charge on any atom is 0.137 e. The van der Waals surface area contributed by atoms with E-state index < -0.39 is 6.10 Å². The predicted octanol–water partition coefficient (Wildman–Crippen LogP) is 2.90. The van der Waals surface area contributed by atoms with Crippen LogP contribution < -0.4 is 4.90 Å². The standard InChI is InChI=1S/C17H19ClN4O/c1-21-8-6-20-17(21)16(23)13-3-2-7-22(11-13)14-5-4-12(10-19)15(18)9-14/h4-6,8-9,13,16,23H,2-3,7,11H2,1H3/t13-,16+/m0/s1. The number of rotatable bonds is 3. The normalized spacial score (nSPS) is 19.4. The SMILES string of the molecule is Cn1ccnc1[C@H](O)[C@H]1CCCN(c2ccc(C#N)c(Cl)c2)C1. The third kappa shape index (κ3) is 3.19. The molecule has 2 heterocycles. The molecule has 0 radical (unpaired) electrons. The van der Waals surface area contributed by atoms with Gasteiger partial charge in [-0.05, 0) is 31.0 Å². The average molecular weight is 331 g/mol. The minimum atomic E-state index is -0.577. The van der Waals surface area contributed by atoms with Gasteiger partial charge in [0.1, 0.15) is 18.0 Å². The summed E-state index contributed by atoms with van der Waals surface area (Å²) in [5.74, 6) is 0.828. The van der Waals surface area contributed by atoms with Crippen molar-refractivity contribution in [3.8, 4) is 6.07 Å². The van der Waals surface area contributed by atoms with E-state index in [-0.39, 0.29) is 5.92 Å². The summed E-state index contributed by atoms with van der Waals surface area (Å²) in [6, 6.07) is 7.57. The molecule has 1 fully saturated rings. The molecule has 1 aromatic heterocycles. The molecule has 1 aromatic carbocycles. The Morgan fingerprint density at radius 1 is 1.48 bits per heavy atom. The topological polar surface area (TPSA) is 65.1 Å². The molecular weight excluding hydrogens is 312 g/mol. The minimum Gasteiger partial charge on any atom is -0.385 e. The van der Waals surface area contributed by atoms with Crippen LogP contribution in [0.2, 0.25) is 5.02 Å². The van der Waals surface area contributed by atoms with Crippen molar-refractivity contribution in [1.82, 2.24) is 9.55 Å². The van der Waals surface area contributed by atoms with E-state index in [1.165, 1.54) is 0 Å². The van der Waals surface area contributed by atoms with Gasteiger partial charge in [0.05, 0.1) is 10.6 Å². The van der Waals surface area contributed by atoms with Crippen LogP contribution in [0.5, 0.6) is 0 Å². The first-order chi connectivity index (χ1) is 11.1. The summed E-state index contributed by atoms with van der Waals surface area (Å²) in [5.41, 5.74) is 1.47. The van der Waals surface area contributed by atoms with Gasteiger partial charge in [-0.15, -0.1) is 0 Å². The highest BCUT2D eigenvalue weighted by atomic mass is 35.5. The number of nitriles is 1. The molecule has 23 heavy (non-hydrogen) atoms. The lowest BCUT2D eigenvalue weighted by Gasteiger charge is -2.36. The summed E-state index contributed by atoms with van der Waals surface area (Å²) in [4.78, 5) is 6.48. The van der Waals surface area contributed by atoms with Gasteiger partial charge in [-0.1, -0.05) is 11.6 Å². The van der Waals surface area contributed by atoms with Crippen molar-refractivity contribution in [2.24, 2.45) is 13.0 Å². The molecule has 0 spiro atoms. The van der Waals surface area contributed by atoms with E-state index in [0.29, 0.717) is 16.4 Å². The van der Waals surface area contributed by atoms with Crippen LogP contribution >= 0.6 is 11.6 Å². The lowest BCUT2D eigenvalue weighted by Crippen LogP contribution is -2.38. The van der Waals surface area contributed by atoms with Crippen molar-refractivity contribution < 1.29 is 5.11 Å². The molecule has 6 heteroatoms. The van der Waals surface area contributed by atoms with E-state index in [4.69, 9.17) is 16.9 Å². The second-order valence-corrected chi connectivity index (χ2v) is 6.37. The maximum atomic E-state index is 10.6. The number of nitrogens with zero attached hydrogens (tertiary/aromatic N) is 4. The zero-order valence-electron chi connectivity index (χ0n) is 13.0. The number of hydrogen-bond acceptors (Lipinski definition) is 4. The highest BCUT2D eigenvalue weighted by molar-refractivity contribution is 6.32. The number of imidazole rings is 1. The molecule has 1 saturated heterocycles. The molecule has 1 aliphatic rings. The van der Waals surface area contributed by atoms with E-state index in [1.807, 2.05) is 29.9 Å². The molecule has 0 bridgehead atoms. The number of aliphatic hydroxyl groups is 1. The smallest absolute Gasteiger partial charge is 0.137 e. The van der Waals surface area contributed by atoms with Crippen LogP contribution in [0.15, 0.2) is 30.6 Å². The first-order valence-corrected chi connectivity index (χ1v) is 8.08. The number of anilines is 1. The zero-order chi connectivity index (χ0) is 16.4. The van der Waals surface area contributed by atoms with Crippen LogP contribution in [0.25, 0.3) is 0 Å². The van der Waals surface area contributed by atoms with Crippen LogP contribution in [0.4, 0.5) is 5.69 Å². The number of aromatic nitrogens is 2. The molecule has 0 aliphatic carbocycles. The Morgan fingerprint density at radius 3 is 2.96 bits per heavy atom. The van der Waals surface area contributed by atoms with Crippen molar-refractivity contribution in [3.63, 3.8) is 0 Å². The molecule has 1 aliphatic heterocycles. The van der Waals surface area contributed by atoms with E-state index in [1.54, 1.807) is 12.3 Å². The summed E-state index contributed by atoms with van der Waals surface area (Å²) in [6.45, 7) is 1.67. The Labute approximate surface area is 140 Å². The van der Waals surface area contributed by atoms with Gasteiger partial charge >= 0.3 is 0 Å². The van der Waals surface area contributed by atoms with Crippen LogP contribution in [0.3, 0.4) is 0 Å². The first kappa shape index (κ1) is 15.9. The minimum absolute atomic E-state index is 0.124. The third-order valence-corrected chi connectivity index (χ3v) is 4.78. The molecule has 0 unspecified atom stereocenters. The molecule has 0 amide bonds. The van der Waals surface area contributed by atoms with E-state index in [0.717, 1.165) is 31.6 Å². The number of halogens is 1. The molecule has 2 atom stereocenters. The lowest BCUT2D eigenvalue weighted by molar-refractivity contribution is 0.0875. The quantitative estimate of drug-likeness (QED) is 0.939. The number of aryl methyl sites for hydroxylation is 1. The third-order valence-electron chi connectivity index (χ3n) is 4.47. The lowest BCUT2D eigenvalue weighted by atomic mass is 9.91. The highest BCUT2D eigenvalue weighted by Crippen LogP contribution is 2.32. The van der Waals surface area contributed by atoms with Gasteiger partial charge in [0.2, 0.25) is 0 Å². The number of benzene rings is 1. The van der Waals surface area contributed by atoms with Gasteiger partial charge in [-0.25, -0.2) is 4.98 Å². The van der Waals surface area contributed by atoms with Crippen molar-refractivity contribution in [2.75, 3.05) is 18.0 Å². The van der Waals surface area contributed by atoms with Crippen molar-refractivity contribution in [2.45, 2.75) is 18.9 Å². The molecule has 5 nitrogen and oxygen atoms in total. The van der Waals surface area contributed by atoms with Gasteiger partial charge in [0, 0.05) is 44.1 Å². The average Bonchev–Trinajstić information content (AvgIpc) is 3.00. The van der Waals surface area contributed by atoms with Gasteiger partial charge in [-0.3, -0.25) is 0 Å². The number of hydrogen-bond donors (Lipinski definition) is 1. The summed E-state index contributed by atoms with van der Waals surface area (Å²) >= 11 is 6.14. The fraction of sp³-hybridized carbons (Fsp3) is 0.412. The Kier molecular flexibility index (Phi) is 4.56.